The topological polar surface area (TPSA) is 73.9 Å². The number of cyclic esters (lactones) is 1. The molecule has 1 fully saturated rings. The Morgan fingerprint density at radius 1 is 1.43 bits per heavy atom. The maximum absolute atomic E-state index is 11.6. The van der Waals surface area contributed by atoms with Crippen molar-refractivity contribution in [1.29, 1.82) is 0 Å². The van der Waals surface area contributed by atoms with Gasteiger partial charge in [-0.25, -0.2) is 4.79 Å². The van der Waals surface area contributed by atoms with Crippen LogP contribution in [-0.2, 0) is 25.4 Å². The molecule has 0 spiro atoms. The molecule has 6 nitrogen and oxygen atoms in total. The van der Waals surface area contributed by atoms with Gasteiger partial charge in [0.1, 0.15) is 18.4 Å². The number of esters is 1. The number of fused-ring (bicyclic) bond motifs is 1. The number of amides is 1. The van der Waals surface area contributed by atoms with Crippen LogP contribution in [0.4, 0.5) is 4.79 Å². The van der Waals surface area contributed by atoms with Crippen molar-refractivity contribution in [3.8, 4) is 0 Å². The molecule has 0 radical (unpaired) electrons. The predicted octanol–water partition coefficient (Wildman–Crippen LogP) is 2.15. The molecule has 2 aliphatic rings. The number of carbonyl (C=O) groups excluding carboxylic acids is 2. The number of benzene rings is 1. The number of carbonyl (C=O) groups is 2. The molecule has 2 unspecified atom stereocenters. The molecule has 1 aliphatic heterocycles. The van der Waals surface area contributed by atoms with E-state index in [9.17, 15) is 9.59 Å². The number of hydrogen-bond acceptors (Lipinski definition) is 5. The van der Waals surface area contributed by atoms with E-state index in [-0.39, 0.29) is 13.0 Å². The summed E-state index contributed by atoms with van der Waals surface area (Å²) >= 11 is 0. The maximum atomic E-state index is 11.6. The van der Waals surface area contributed by atoms with E-state index in [1.165, 1.54) is 6.08 Å². The van der Waals surface area contributed by atoms with Crippen molar-refractivity contribution >= 4 is 18.1 Å². The van der Waals surface area contributed by atoms with E-state index < -0.39 is 24.4 Å². The monoisotopic (exact) mass is 315 g/mol. The van der Waals surface area contributed by atoms with Crippen molar-refractivity contribution in [1.82, 2.24) is 5.32 Å². The second-order valence-electron chi connectivity index (χ2n) is 5.30. The molecule has 1 heterocycles. The van der Waals surface area contributed by atoms with Crippen molar-refractivity contribution in [3.63, 3.8) is 0 Å². The third kappa shape index (κ3) is 3.53. The summed E-state index contributed by atoms with van der Waals surface area (Å²) in [4.78, 5) is 23.1. The minimum Gasteiger partial charge on any atom is -0.457 e. The lowest BCUT2D eigenvalue weighted by Gasteiger charge is -2.20. The highest BCUT2D eigenvalue weighted by molar-refractivity contribution is 5.75. The van der Waals surface area contributed by atoms with Crippen LogP contribution in [0.3, 0.4) is 0 Å². The first kappa shape index (κ1) is 15.1. The molecule has 23 heavy (non-hydrogen) atoms. The van der Waals surface area contributed by atoms with Crippen molar-refractivity contribution in [2.75, 3.05) is 6.61 Å². The molecule has 1 aromatic rings. The van der Waals surface area contributed by atoms with E-state index in [1.54, 1.807) is 0 Å². The fraction of sp³-hybridized carbons (Fsp3) is 0.294. The van der Waals surface area contributed by atoms with E-state index in [0.717, 1.165) is 11.1 Å². The van der Waals surface area contributed by atoms with Gasteiger partial charge in [-0.05, 0) is 17.2 Å². The predicted molar refractivity (Wildman–Crippen MR) is 82.2 cm³/mol. The number of allylic oxidation sites excluding steroid dienone is 1. The molecular weight excluding hydrogens is 298 g/mol. The number of ether oxygens (including phenoxy) is 3. The lowest BCUT2D eigenvalue weighted by molar-refractivity contribution is -0.157. The zero-order valence-electron chi connectivity index (χ0n) is 12.5. The van der Waals surface area contributed by atoms with Gasteiger partial charge in [0.25, 0.3) is 6.29 Å². The smallest absolute Gasteiger partial charge is 0.407 e. The van der Waals surface area contributed by atoms with Crippen molar-refractivity contribution < 1.29 is 23.8 Å². The summed E-state index contributed by atoms with van der Waals surface area (Å²) in [7, 11) is 0. The summed E-state index contributed by atoms with van der Waals surface area (Å²) in [5, 5.41) is 2.58. The number of rotatable bonds is 5. The van der Waals surface area contributed by atoms with E-state index in [2.05, 4.69) is 11.9 Å². The maximum Gasteiger partial charge on any atom is 0.407 e. The largest absolute Gasteiger partial charge is 0.457 e. The Kier molecular flexibility index (Phi) is 4.32. The van der Waals surface area contributed by atoms with E-state index >= 15 is 0 Å². The van der Waals surface area contributed by atoms with E-state index in [1.807, 2.05) is 30.3 Å². The Morgan fingerprint density at radius 2 is 2.26 bits per heavy atom. The Morgan fingerprint density at radius 3 is 3.04 bits per heavy atom. The summed E-state index contributed by atoms with van der Waals surface area (Å²) in [5.41, 5.74) is 2.24. The summed E-state index contributed by atoms with van der Waals surface area (Å²) in [6.45, 7) is 3.56. The molecule has 1 saturated heterocycles. The number of hydrogen-bond donors (Lipinski definition) is 1. The van der Waals surface area contributed by atoms with Crippen LogP contribution in [0.2, 0.25) is 0 Å². The Hall–Kier alpha value is -2.76. The molecule has 1 N–H and O–H groups in total. The van der Waals surface area contributed by atoms with E-state index in [0.29, 0.717) is 12.2 Å². The van der Waals surface area contributed by atoms with Crippen molar-refractivity contribution in [3.05, 3.63) is 53.8 Å². The summed E-state index contributed by atoms with van der Waals surface area (Å²) in [5.74, 6) is 0.289. The normalized spacial score (nSPS) is 21.9. The molecule has 1 amide bonds. The minimum absolute atomic E-state index is 0.0497. The standard InChI is InChI=1S/C17H17NO5/c1-2-7-21-17(20)18-14-10-15(19)23-16(14)22-13-8-11-5-3-4-6-12(11)9-13/h2-6,8,14,16H,1,7,9-10H2,(H,18,20). The lowest BCUT2D eigenvalue weighted by atomic mass is 10.1. The summed E-state index contributed by atoms with van der Waals surface area (Å²) in [6, 6.07) is 7.35. The van der Waals surface area contributed by atoms with Crippen LogP contribution in [0, 0.1) is 0 Å². The number of nitrogens with one attached hydrogen (secondary N) is 1. The fourth-order valence-electron chi connectivity index (χ4n) is 2.56. The molecule has 0 saturated carbocycles. The zero-order chi connectivity index (χ0) is 16.2. The van der Waals surface area contributed by atoms with Crippen LogP contribution >= 0.6 is 0 Å². The molecule has 0 aromatic heterocycles. The van der Waals surface area contributed by atoms with Crippen LogP contribution in [0.25, 0.3) is 6.08 Å². The molecule has 6 heteroatoms. The van der Waals surface area contributed by atoms with E-state index in [4.69, 9.17) is 14.2 Å². The lowest BCUT2D eigenvalue weighted by Crippen LogP contribution is -2.41. The molecule has 120 valence electrons. The van der Waals surface area contributed by atoms with Gasteiger partial charge in [0.2, 0.25) is 0 Å². The zero-order valence-corrected chi connectivity index (χ0v) is 12.5. The second-order valence-corrected chi connectivity index (χ2v) is 5.30. The quantitative estimate of drug-likeness (QED) is 0.666. The van der Waals surface area contributed by atoms with Crippen LogP contribution in [0.1, 0.15) is 17.5 Å². The van der Waals surface area contributed by atoms with Gasteiger partial charge in [0.05, 0.1) is 6.42 Å². The highest BCUT2D eigenvalue weighted by Crippen LogP contribution is 2.28. The van der Waals surface area contributed by atoms with Gasteiger partial charge in [0.15, 0.2) is 0 Å². The molecule has 1 aromatic carbocycles. The fourth-order valence-corrected chi connectivity index (χ4v) is 2.56. The highest BCUT2D eigenvalue weighted by atomic mass is 16.7. The van der Waals surface area contributed by atoms with Crippen LogP contribution in [0.5, 0.6) is 0 Å². The van der Waals surface area contributed by atoms with Crippen LogP contribution < -0.4 is 5.32 Å². The molecule has 3 rings (SSSR count). The third-order valence-corrected chi connectivity index (χ3v) is 3.60. The van der Waals surface area contributed by atoms with Gasteiger partial charge < -0.3 is 19.5 Å². The van der Waals surface area contributed by atoms with Gasteiger partial charge in [-0.1, -0.05) is 36.9 Å². The van der Waals surface area contributed by atoms with Crippen molar-refractivity contribution in [2.24, 2.45) is 0 Å². The minimum atomic E-state index is -0.848. The summed E-state index contributed by atoms with van der Waals surface area (Å²) in [6.07, 6.45) is 2.58. The third-order valence-electron chi connectivity index (χ3n) is 3.60. The molecule has 1 aliphatic carbocycles. The SMILES string of the molecule is C=CCOC(=O)NC1CC(=O)OC1OC1=Cc2ccccc2C1. The van der Waals surface area contributed by atoms with Gasteiger partial charge in [-0.2, -0.15) is 0 Å². The summed E-state index contributed by atoms with van der Waals surface area (Å²) < 4.78 is 15.8. The average Bonchev–Trinajstić information content (AvgIpc) is 3.08. The van der Waals surface area contributed by atoms with Crippen LogP contribution in [-0.4, -0.2) is 31.0 Å². The first-order chi connectivity index (χ1) is 11.2. The highest BCUT2D eigenvalue weighted by Gasteiger charge is 2.38. The van der Waals surface area contributed by atoms with Crippen LogP contribution in [0.15, 0.2) is 42.7 Å². The Bertz CT molecular complexity index is 667. The first-order valence-corrected chi connectivity index (χ1v) is 7.34. The molecule has 2 atom stereocenters. The second kappa shape index (κ2) is 6.56. The number of alkyl carbamates (subject to hydrolysis) is 1. The van der Waals surface area contributed by atoms with Gasteiger partial charge in [-0.3, -0.25) is 4.79 Å². The molecule has 0 bridgehead atoms. The van der Waals surface area contributed by atoms with Gasteiger partial charge in [0, 0.05) is 6.42 Å². The first-order valence-electron chi connectivity index (χ1n) is 7.34. The molecular formula is C17H17NO5. The van der Waals surface area contributed by atoms with Gasteiger partial charge >= 0.3 is 12.1 Å². The van der Waals surface area contributed by atoms with Gasteiger partial charge in [-0.15, -0.1) is 0 Å². The average molecular weight is 315 g/mol. The Labute approximate surface area is 133 Å². The Balaban J connectivity index is 1.61. The van der Waals surface area contributed by atoms with Crippen molar-refractivity contribution in [2.45, 2.75) is 25.2 Å².